The molecule has 0 aliphatic heterocycles. The maximum atomic E-state index is 11.5. The van der Waals surface area contributed by atoms with E-state index in [4.69, 9.17) is 10.5 Å². The molecule has 0 saturated carbocycles. The zero-order valence-electron chi connectivity index (χ0n) is 5.66. The van der Waals surface area contributed by atoms with Crippen molar-refractivity contribution in [3.63, 3.8) is 0 Å². The van der Waals surface area contributed by atoms with Gasteiger partial charge in [-0.15, -0.1) is 0 Å². The Hall–Kier alpha value is -1.20. The molecule has 6 heteroatoms. The summed E-state index contributed by atoms with van der Waals surface area (Å²) in [6.07, 6.45) is -4.41. The highest BCUT2D eigenvalue weighted by molar-refractivity contribution is 5.97. The first-order chi connectivity index (χ1) is 4.88. The molecule has 0 aliphatic carbocycles. The summed E-state index contributed by atoms with van der Waals surface area (Å²) in [5.74, 6) is -0.688. The maximum Gasteiger partial charge on any atom is 0.432 e. The van der Waals surface area contributed by atoms with Crippen molar-refractivity contribution < 1.29 is 18.3 Å². The summed E-state index contributed by atoms with van der Waals surface area (Å²) in [5, 5.41) is 16.9. The summed E-state index contributed by atoms with van der Waals surface area (Å²) in [6, 6.07) is 0. The first-order valence-corrected chi connectivity index (χ1v) is 2.62. The molecule has 11 heavy (non-hydrogen) atoms. The Morgan fingerprint density at radius 3 is 2.27 bits per heavy atom. The maximum absolute atomic E-state index is 11.5. The molecule has 0 aromatic carbocycles. The zero-order valence-corrected chi connectivity index (χ0v) is 5.66. The van der Waals surface area contributed by atoms with E-state index in [1.165, 1.54) is 7.05 Å². The summed E-state index contributed by atoms with van der Waals surface area (Å²) < 4.78 is 34.6. The van der Waals surface area contributed by atoms with E-state index in [1.54, 1.807) is 0 Å². The Kier molecular flexibility index (Phi) is 2.91. The Bertz CT molecular complexity index is 185. The second kappa shape index (κ2) is 3.27. The van der Waals surface area contributed by atoms with E-state index in [9.17, 15) is 13.2 Å². The minimum Gasteiger partial charge on any atom is -0.495 e. The first kappa shape index (κ1) is 9.80. The van der Waals surface area contributed by atoms with Crippen molar-refractivity contribution in [3.8, 4) is 0 Å². The summed E-state index contributed by atoms with van der Waals surface area (Å²) in [4.78, 5) is 0. The quantitative estimate of drug-likeness (QED) is 0.428. The summed E-state index contributed by atoms with van der Waals surface area (Å²) in [5.41, 5.74) is -1.59. The molecule has 0 aromatic heterocycles. The highest BCUT2D eigenvalue weighted by Gasteiger charge is 2.32. The van der Waals surface area contributed by atoms with Gasteiger partial charge in [-0.2, -0.15) is 13.2 Å². The van der Waals surface area contributed by atoms with Crippen LogP contribution in [0, 0.1) is 5.41 Å². The molecule has 0 unspecified atom stereocenters. The zero-order chi connectivity index (χ0) is 9.07. The van der Waals surface area contributed by atoms with E-state index < -0.39 is 17.8 Å². The molecule has 0 heterocycles. The number of hydrogen-bond acceptors (Lipinski definition) is 3. The van der Waals surface area contributed by atoms with Crippen LogP contribution in [0.2, 0.25) is 0 Å². The third-order valence-electron chi connectivity index (χ3n) is 0.843. The molecule has 0 saturated heterocycles. The molecular formula is C5H7F3N2O. The van der Waals surface area contributed by atoms with Crippen LogP contribution in [-0.2, 0) is 0 Å². The van der Waals surface area contributed by atoms with Gasteiger partial charge in [0.1, 0.15) is 5.71 Å². The van der Waals surface area contributed by atoms with Crippen LogP contribution in [0.3, 0.4) is 0 Å². The van der Waals surface area contributed by atoms with Gasteiger partial charge in [0, 0.05) is 13.1 Å². The summed E-state index contributed by atoms with van der Waals surface area (Å²) >= 11 is 0. The van der Waals surface area contributed by atoms with E-state index >= 15 is 0 Å². The van der Waals surface area contributed by atoms with Crippen LogP contribution in [0.4, 0.5) is 13.2 Å². The van der Waals surface area contributed by atoms with Crippen LogP contribution in [0.1, 0.15) is 0 Å². The van der Waals surface area contributed by atoms with Gasteiger partial charge in [-0.1, -0.05) is 0 Å². The van der Waals surface area contributed by atoms with Crippen molar-refractivity contribution in [1.82, 2.24) is 5.32 Å². The predicted molar refractivity (Wildman–Crippen MR) is 33.6 cm³/mol. The Morgan fingerprint density at radius 1 is 1.55 bits per heavy atom. The Balaban J connectivity index is 4.30. The smallest absolute Gasteiger partial charge is 0.432 e. The highest BCUT2D eigenvalue weighted by Crippen LogP contribution is 2.16. The van der Waals surface area contributed by atoms with Crippen molar-refractivity contribution >= 4 is 5.71 Å². The van der Waals surface area contributed by atoms with Crippen molar-refractivity contribution in [2.75, 3.05) is 7.05 Å². The van der Waals surface area contributed by atoms with Gasteiger partial charge in [-0.05, 0) is 0 Å². The normalized spacial score (nSPS) is 12.9. The van der Waals surface area contributed by atoms with Crippen molar-refractivity contribution in [2.45, 2.75) is 6.18 Å². The third kappa shape index (κ3) is 3.49. The van der Waals surface area contributed by atoms with Gasteiger partial charge < -0.3 is 10.4 Å². The molecule has 0 radical (unpaired) electrons. The molecule has 0 aliphatic rings. The number of alkyl halides is 3. The molecular weight excluding hydrogens is 161 g/mol. The minimum atomic E-state index is -4.70. The second-order valence-corrected chi connectivity index (χ2v) is 1.69. The number of aliphatic hydroxyl groups excluding tert-OH is 1. The van der Waals surface area contributed by atoms with Crippen LogP contribution < -0.4 is 5.32 Å². The molecule has 0 rings (SSSR count). The largest absolute Gasteiger partial charge is 0.495 e. The average molecular weight is 168 g/mol. The number of rotatable bonds is 2. The van der Waals surface area contributed by atoms with Crippen molar-refractivity contribution in [2.24, 2.45) is 0 Å². The van der Waals surface area contributed by atoms with Crippen LogP contribution in [0.15, 0.2) is 12.0 Å². The SMILES string of the molecule is CN/C(O)=C\C(=N)C(F)(F)F. The topological polar surface area (TPSA) is 56.1 Å². The fraction of sp³-hybridized carbons (Fsp3) is 0.400. The molecule has 0 bridgehead atoms. The number of aliphatic hydroxyl groups is 1. The van der Waals surface area contributed by atoms with Gasteiger partial charge in [0.05, 0.1) is 0 Å². The summed E-state index contributed by atoms with van der Waals surface area (Å²) in [6.45, 7) is 0. The number of allylic oxidation sites excluding steroid dienone is 1. The predicted octanol–water partition coefficient (Wildman–Crippen LogP) is 1.19. The third-order valence-corrected chi connectivity index (χ3v) is 0.843. The average Bonchev–Trinajstić information content (AvgIpc) is 1.85. The lowest BCUT2D eigenvalue weighted by Crippen LogP contribution is -2.21. The lowest BCUT2D eigenvalue weighted by Gasteiger charge is -2.03. The Labute approximate surface area is 61.0 Å². The monoisotopic (exact) mass is 168 g/mol. The lowest BCUT2D eigenvalue weighted by atomic mass is 10.3. The van der Waals surface area contributed by atoms with Crippen molar-refractivity contribution in [1.29, 1.82) is 5.41 Å². The van der Waals surface area contributed by atoms with E-state index in [1.807, 2.05) is 5.32 Å². The van der Waals surface area contributed by atoms with Crippen LogP contribution in [0.5, 0.6) is 0 Å². The number of halogens is 3. The highest BCUT2D eigenvalue weighted by atomic mass is 19.4. The number of hydrogen-bond donors (Lipinski definition) is 3. The van der Waals surface area contributed by atoms with Crippen LogP contribution in [-0.4, -0.2) is 24.0 Å². The van der Waals surface area contributed by atoms with E-state index in [0.717, 1.165) is 0 Å². The standard InChI is InChI=1S/C5H7F3N2O/c1-10-4(11)2-3(9)5(6,7)8/h2,9-11H,1H3/b4-2+,9-3?. The lowest BCUT2D eigenvalue weighted by molar-refractivity contribution is -0.0585. The van der Waals surface area contributed by atoms with Gasteiger partial charge >= 0.3 is 6.18 Å². The molecule has 0 spiro atoms. The van der Waals surface area contributed by atoms with Gasteiger partial charge in [0.25, 0.3) is 0 Å². The first-order valence-electron chi connectivity index (χ1n) is 2.62. The van der Waals surface area contributed by atoms with Crippen LogP contribution in [0.25, 0.3) is 0 Å². The van der Waals surface area contributed by atoms with E-state index in [2.05, 4.69) is 0 Å². The Morgan fingerprint density at radius 2 is 2.00 bits per heavy atom. The van der Waals surface area contributed by atoms with Crippen LogP contribution >= 0.6 is 0 Å². The molecule has 0 atom stereocenters. The van der Waals surface area contributed by atoms with Gasteiger partial charge in [-0.3, -0.25) is 5.41 Å². The fourth-order valence-electron chi connectivity index (χ4n) is 0.291. The van der Waals surface area contributed by atoms with Crippen molar-refractivity contribution in [3.05, 3.63) is 12.0 Å². The van der Waals surface area contributed by atoms with E-state index in [-0.39, 0.29) is 0 Å². The number of nitrogens with one attached hydrogen (secondary N) is 2. The second-order valence-electron chi connectivity index (χ2n) is 1.69. The molecule has 64 valence electrons. The molecule has 3 nitrogen and oxygen atoms in total. The van der Waals surface area contributed by atoms with Gasteiger partial charge in [0.2, 0.25) is 0 Å². The molecule has 0 aromatic rings. The molecule has 3 N–H and O–H groups in total. The minimum absolute atomic E-state index is 0.292. The van der Waals surface area contributed by atoms with E-state index in [0.29, 0.717) is 6.08 Å². The van der Waals surface area contributed by atoms with Gasteiger partial charge in [-0.25, -0.2) is 0 Å². The molecule has 0 amide bonds. The fourth-order valence-corrected chi connectivity index (χ4v) is 0.291. The molecule has 0 fully saturated rings. The van der Waals surface area contributed by atoms with Gasteiger partial charge in [0.15, 0.2) is 5.88 Å². The summed E-state index contributed by atoms with van der Waals surface area (Å²) in [7, 11) is 1.25.